The minimum atomic E-state index is -0.673. The molecular weight excluding hydrogens is 497 g/mol. The van der Waals surface area contributed by atoms with E-state index < -0.39 is 17.9 Å². The van der Waals surface area contributed by atoms with Gasteiger partial charge in [0.25, 0.3) is 5.91 Å². The van der Waals surface area contributed by atoms with Gasteiger partial charge in [-0.25, -0.2) is 15.0 Å². The number of amides is 3. The molecule has 0 saturated carbocycles. The Labute approximate surface area is 202 Å². The first-order valence-electron chi connectivity index (χ1n) is 8.87. The number of hydrazine groups is 1. The van der Waals surface area contributed by atoms with Crippen LogP contribution in [0.5, 0.6) is 5.75 Å². The van der Waals surface area contributed by atoms with Gasteiger partial charge in [0.15, 0.2) is 10.9 Å². The van der Waals surface area contributed by atoms with Crippen molar-refractivity contribution in [1.82, 2.24) is 10.4 Å². The van der Waals surface area contributed by atoms with Crippen molar-refractivity contribution in [1.29, 1.82) is 0 Å². The van der Waals surface area contributed by atoms with Crippen LogP contribution >= 0.6 is 47.2 Å². The fraction of sp³-hybridized carbons (Fsp3) is 0.100. The summed E-state index contributed by atoms with van der Waals surface area (Å²) in [5.41, 5.74) is 3.51. The topological polar surface area (TPSA) is 97.0 Å². The summed E-state index contributed by atoms with van der Waals surface area (Å²) in [5, 5.41) is 4.16. The predicted octanol–water partition coefficient (Wildman–Crippen LogP) is 4.48. The van der Waals surface area contributed by atoms with Crippen LogP contribution in [0.25, 0.3) is 6.08 Å². The number of ether oxygens (including phenoxy) is 2. The van der Waals surface area contributed by atoms with E-state index in [1.165, 1.54) is 19.2 Å². The highest BCUT2D eigenvalue weighted by atomic mass is 35.5. The number of nitrogens with zero attached hydrogens (tertiary/aromatic N) is 1. The summed E-state index contributed by atoms with van der Waals surface area (Å²) < 4.78 is 9.96. The number of carbonyl (C=O) groups excluding carboxylic acids is 3. The van der Waals surface area contributed by atoms with E-state index in [1.54, 1.807) is 36.4 Å². The molecule has 0 bridgehead atoms. The van der Waals surface area contributed by atoms with Crippen molar-refractivity contribution in [2.24, 2.45) is 0 Å². The van der Waals surface area contributed by atoms with E-state index in [9.17, 15) is 14.4 Å². The summed E-state index contributed by atoms with van der Waals surface area (Å²) in [4.78, 5) is 36.4. The zero-order valence-electron chi connectivity index (χ0n) is 16.4. The van der Waals surface area contributed by atoms with Gasteiger partial charge in [-0.3, -0.25) is 4.79 Å². The van der Waals surface area contributed by atoms with Crippen LogP contribution in [0.15, 0.2) is 47.4 Å². The van der Waals surface area contributed by atoms with Gasteiger partial charge in [0.2, 0.25) is 0 Å². The Hall–Kier alpha value is -2.79. The summed E-state index contributed by atoms with van der Waals surface area (Å²) in [6.45, 7) is -0.204. The van der Waals surface area contributed by atoms with Crippen molar-refractivity contribution in [2.45, 2.75) is 0 Å². The molecule has 1 saturated heterocycles. The van der Waals surface area contributed by atoms with E-state index in [0.29, 0.717) is 26.9 Å². The molecule has 166 valence electrons. The number of nitrogens with one attached hydrogen (secondary N) is 2. The second-order valence-electron chi connectivity index (χ2n) is 6.15. The van der Waals surface area contributed by atoms with Crippen LogP contribution in [-0.4, -0.2) is 41.0 Å². The smallest absolute Gasteiger partial charge is 0.343 e. The first kappa shape index (κ1) is 23.9. The Kier molecular flexibility index (Phi) is 7.97. The molecule has 0 atom stereocenters. The highest BCUT2D eigenvalue weighted by molar-refractivity contribution is 8.26. The third-order valence-electron chi connectivity index (χ3n) is 3.95. The van der Waals surface area contributed by atoms with Gasteiger partial charge in [-0.05, 0) is 54.2 Å². The second-order valence-corrected chi connectivity index (χ2v) is 8.64. The fourth-order valence-corrected chi connectivity index (χ4v) is 3.89. The normalized spacial score (nSPS) is 14.5. The molecular formula is C20H15Cl2N3O5S2. The van der Waals surface area contributed by atoms with Crippen LogP contribution in [0.3, 0.4) is 0 Å². The van der Waals surface area contributed by atoms with Gasteiger partial charge in [0.05, 0.1) is 22.1 Å². The number of carbonyl (C=O) groups is 3. The number of halogens is 2. The van der Waals surface area contributed by atoms with Crippen molar-refractivity contribution in [3.05, 3.63) is 63.0 Å². The van der Waals surface area contributed by atoms with Crippen LogP contribution in [0.4, 0.5) is 10.5 Å². The number of methoxy groups -OCH3 is 1. The molecule has 1 heterocycles. The van der Waals surface area contributed by atoms with Crippen LogP contribution in [-0.2, 0) is 14.3 Å². The molecule has 3 amide bonds. The molecule has 2 aromatic carbocycles. The molecule has 1 aliphatic rings. The average Bonchev–Trinajstić information content (AvgIpc) is 3.02. The number of thiocarbonyl (C=S) groups is 1. The lowest BCUT2D eigenvalue weighted by molar-refractivity contribution is -0.142. The number of benzene rings is 2. The summed E-state index contributed by atoms with van der Waals surface area (Å²) in [6, 6.07) is 10.6. The average molecular weight is 512 g/mol. The standard InChI is InChI=1S/C20H15Cl2N3O5S2/c1-29-17(26)10-30-13-5-2-11(3-6-13)8-16-18(27)25(20(31)32-16)24-19(28)23-12-4-7-14(21)15(22)9-12/h2-9H,10H2,1H3,(H2,23,24,28)/b16-8-. The molecule has 0 spiro atoms. The van der Waals surface area contributed by atoms with Crippen LogP contribution in [0, 0.1) is 0 Å². The number of thioether (sulfide) groups is 1. The lowest BCUT2D eigenvalue weighted by Gasteiger charge is -2.16. The molecule has 1 fully saturated rings. The maximum Gasteiger partial charge on any atom is 0.343 e. The van der Waals surface area contributed by atoms with Gasteiger partial charge >= 0.3 is 12.0 Å². The summed E-state index contributed by atoms with van der Waals surface area (Å²) >= 11 is 18.0. The molecule has 0 unspecified atom stereocenters. The molecule has 8 nitrogen and oxygen atoms in total. The Morgan fingerprint density at radius 1 is 1.16 bits per heavy atom. The van der Waals surface area contributed by atoms with Crippen molar-refractivity contribution < 1.29 is 23.9 Å². The SMILES string of the molecule is COC(=O)COc1ccc(/C=C2\SC(=S)N(NC(=O)Nc3ccc(Cl)c(Cl)c3)C2=O)cc1. The third kappa shape index (κ3) is 6.13. The number of hydrogen-bond acceptors (Lipinski definition) is 7. The van der Waals surface area contributed by atoms with Crippen molar-refractivity contribution in [3.8, 4) is 5.75 Å². The van der Waals surface area contributed by atoms with Gasteiger partial charge in [0.1, 0.15) is 5.75 Å². The Morgan fingerprint density at radius 3 is 2.53 bits per heavy atom. The largest absolute Gasteiger partial charge is 0.482 e. The third-order valence-corrected chi connectivity index (χ3v) is 5.99. The van der Waals surface area contributed by atoms with E-state index in [1.807, 2.05) is 0 Å². The molecule has 0 aromatic heterocycles. The number of esters is 1. The zero-order valence-corrected chi connectivity index (χ0v) is 19.5. The Morgan fingerprint density at radius 2 is 1.88 bits per heavy atom. The van der Waals surface area contributed by atoms with Crippen LogP contribution in [0.1, 0.15) is 5.56 Å². The van der Waals surface area contributed by atoms with Crippen molar-refractivity contribution in [3.63, 3.8) is 0 Å². The van der Waals surface area contributed by atoms with E-state index >= 15 is 0 Å². The Bertz CT molecular complexity index is 1110. The maximum absolute atomic E-state index is 12.7. The van der Waals surface area contributed by atoms with Gasteiger partial charge in [-0.15, -0.1) is 0 Å². The molecule has 2 N–H and O–H groups in total. The van der Waals surface area contributed by atoms with Crippen LogP contribution in [0.2, 0.25) is 10.0 Å². The molecule has 0 radical (unpaired) electrons. The Balaban J connectivity index is 1.62. The molecule has 12 heteroatoms. The molecule has 0 aliphatic carbocycles. The van der Waals surface area contributed by atoms with Gasteiger partial charge in [-0.2, -0.15) is 5.01 Å². The van der Waals surface area contributed by atoms with E-state index in [2.05, 4.69) is 15.5 Å². The minimum absolute atomic E-state index is 0.170. The quantitative estimate of drug-likeness (QED) is 0.335. The number of rotatable bonds is 6. The van der Waals surface area contributed by atoms with Gasteiger partial charge < -0.3 is 14.8 Å². The highest BCUT2D eigenvalue weighted by Gasteiger charge is 2.33. The van der Waals surface area contributed by atoms with Crippen LogP contribution < -0.4 is 15.5 Å². The second kappa shape index (κ2) is 10.7. The minimum Gasteiger partial charge on any atom is -0.482 e. The molecule has 2 aromatic rings. The summed E-state index contributed by atoms with van der Waals surface area (Å²) in [7, 11) is 1.27. The van der Waals surface area contributed by atoms with Gasteiger partial charge in [-0.1, -0.05) is 47.1 Å². The van der Waals surface area contributed by atoms with E-state index in [4.69, 9.17) is 40.2 Å². The molecule has 32 heavy (non-hydrogen) atoms. The maximum atomic E-state index is 12.7. The van der Waals surface area contributed by atoms with Gasteiger partial charge in [0, 0.05) is 5.69 Å². The fourth-order valence-electron chi connectivity index (χ4n) is 2.41. The lowest BCUT2D eigenvalue weighted by atomic mass is 10.2. The van der Waals surface area contributed by atoms with E-state index in [-0.39, 0.29) is 16.0 Å². The zero-order chi connectivity index (χ0) is 23.3. The summed E-state index contributed by atoms with van der Waals surface area (Å²) in [5.74, 6) is -0.496. The predicted molar refractivity (Wildman–Crippen MR) is 128 cm³/mol. The summed E-state index contributed by atoms with van der Waals surface area (Å²) in [6.07, 6.45) is 1.63. The number of urea groups is 1. The first-order valence-corrected chi connectivity index (χ1v) is 10.8. The number of anilines is 1. The molecule has 3 rings (SSSR count). The van der Waals surface area contributed by atoms with E-state index in [0.717, 1.165) is 16.8 Å². The number of hydrogen-bond donors (Lipinski definition) is 2. The van der Waals surface area contributed by atoms with Crippen molar-refractivity contribution in [2.75, 3.05) is 19.0 Å². The monoisotopic (exact) mass is 511 g/mol. The molecule has 1 aliphatic heterocycles. The lowest BCUT2D eigenvalue weighted by Crippen LogP contribution is -2.46. The first-order chi connectivity index (χ1) is 15.3. The highest BCUT2D eigenvalue weighted by Crippen LogP contribution is 2.32. The van der Waals surface area contributed by atoms with Crippen molar-refractivity contribution >= 4 is 81.2 Å².